The van der Waals surface area contributed by atoms with Crippen LogP contribution < -0.4 is 10.6 Å². The van der Waals surface area contributed by atoms with Gasteiger partial charge in [0.05, 0.1) is 19.7 Å². The van der Waals surface area contributed by atoms with Crippen molar-refractivity contribution in [2.75, 3.05) is 57.6 Å². The van der Waals surface area contributed by atoms with Gasteiger partial charge >= 0.3 is 11.9 Å². The summed E-state index contributed by atoms with van der Waals surface area (Å²) in [6.07, 6.45) is 4.77. The lowest BCUT2D eigenvalue weighted by Crippen LogP contribution is -2.56. The van der Waals surface area contributed by atoms with Crippen LogP contribution in [0.3, 0.4) is 0 Å². The van der Waals surface area contributed by atoms with E-state index < -0.39 is 18.0 Å². The highest BCUT2D eigenvalue weighted by Crippen LogP contribution is 2.27. The molecule has 2 aromatic carbocycles. The summed E-state index contributed by atoms with van der Waals surface area (Å²) in [6, 6.07) is 12.1. The minimum Gasteiger partial charge on any atom is -0.467 e. The molecular formula is C27H29BrN6O5. The Hall–Kier alpha value is -3.87. The molecule has 1 fully saturated rings. The molecule has 11 nitrogen and oxygen atoms in total. The van der Waals surface area contributed by atoms with Crippen molar-refractivity contribution in [1.82, 2.24) is 19.8 Å². The van der Waals surface area contributed by atoms with Crippen LogP contribution in [0, 0.1) is 0 Å². The first-order valence-corrected chi connectivity index (χ1v) is 13.0. The highest BCUT2D eigenvalue weighted by molar-refractivity contribution is 9.10. The van der Waals surface area contributed by atoms with Gasteiger partial charge in [-0.1, -0.05) is 28.1 Å². The number of benzene rings is 2. The molecule has 1 aliphatic rings. The number of hydrogen-bond acceptors (Lipinski definition) is 10. The molecule has 0 bridgehead atoms. The van der Waals surface area contributed by atoms with E-state index in [1.165, 1.54) is 26.6 Å². The van der Waals surface area contributed by atoms with E-state index in [-0.39, 0.29) is 5.91 Å². The second-order valence-corrected chi connectivity index (χ2v) is 9.68. The van der Waals surface area contributed by atoms with Gasteiger partial charge in [0.25, 0.3) is 0 Å². The maximum Gasteiger partial charge on any atom is 0.334 e. The van der Waals surface area contributed by atoms with Gasteiger partial charge in [-0.2, -0.15) is 0 Å². The molecule has 3 aromatic rings. The molecule has 0 aliphatic carbocycles. The molecule has 0 saturated carbocycles. The Balaban J connectivity index is 1.32. The Kier molecular flexibility index (Phi) is 9.58. The van der Waals surface area contributed by atoms with Crippen LogP contribution in [0.2, 0.25) is 0 Å². The molecule has 2 N–H and O–H groups in total. The second-order valence-electron chi connectivity index (χ2n) is 8.77. The van der Waals surface area contributed by atoms with Crippen molar-refractivity contribution in [3.63, 3.8) is 0 Å². The predicted molar refractivity (Wildman–Crippen MR) is 151 cm³/mol. The van der Waals surface area contributed by atoms with Gasteiger partial charge in [0.1, 0.15) is 12.1 Å². The molecule has 204 valence electrons. The third-order valence-corrected chi connectivity index (χ3v) is 6.74. The Morgan fingerprint density at radius 3 is 2.44 bits per heavy atom. The monoisotopic (exact) mass is 596 g/mol. The predicted octanol–water partition coefficient (Wildman–Crippen LogP) is 2.96. The summed E-state index contributed by atoms with van der Waals surface area (Å²) in [7, 11) is 2.49. The number of fused-ring (bicyclic) bond motifs is 1. The molecule has 1 amide bonds. The van der Waals surface area contributed by atoms with Gasteiger partial charge in [-0.15, -0.1) is 0 Å². The average Bonchev–Trinajstić information content (AvgIpc) is 2.94. The molecule has 0 atom stereocenters. The Morgan fingerprint density at radius 1 is 1.00 bits per heavy atom. The Bertz CT molecular complexity index is 1360. The zero-order chi connectivity index (χ0) is 27.8. The average molecular weight is 597 g/mol. The number of nitrogens with one attached hydrogen (secondary N) is 2. The lowest BCUT2D eigenvalue weighted by molar-refractivity contribution is -0.161. The maximum absolute atomic E-state index is 12.6. The van der Waals surface area contributed by atoms with Gasteiger partial charge in [0.2, 0.25) is 11.9 Å². The van der Waals surface area contributed by atoms with Crippen molar-refractivity contribution in [2.45, 2.75) is 6.04 Å². The van der Waals surface area contributed by atoms with Crippen LogP contribution in [0.15, 0.2) is 65.4 Å². The minimum absolute atomic E-state index is 0.261. The maximum atomic E-state index is 12.6. The normalized spacial score (nSPS) is 14.5. The van der Waals surface area contributed by atoms with Crippen molar-refractivity contribution in [3.05, 3.63) is 65.4 Å². The number of rotatable bonds is 9. The fraction of sp³-hybridized carbons (Fsp3) is 0.296. The number of aromatic nitrogens is 2. The summed E-state index contributed by atoms with van der Waals surface area (Å²) in [5.74, 6) is -0.903. The van der Waals surface area contributed by atoms with Crippen molar-refractivity contribution >= 4 is 61.9 Å². The van der Waals surface area contributed by atoms with E-state index in [9.17, 15) is 14.4 Å². The number of halogens is 1. The number of amides is 1. The lowest BCUT2D eigenvalue weighted by atomic mass is 10.2. The largest absolute Gasteiger partial charge is 0.467 e. The number of nitrogens with zero attached hydrogens (tertiary/aromatic N) is 4. The van der Waals surface area contributed by atoms with Crippen LogP contribution in [0.1, 0.15) is 0 Å². The quantitative estimate of drug-likeness (QED) is 0.216. The highest BCUT2D eigenvalue weighted by atomic mass is 79.9. The molecule has 0 radical (unpaired) electrons. The zero-order valence-electron chi connectivity index (χ0n) is 21.6. The van der Waals surface area contributed by atoms with Gasteiger partial charge in [-0.25, -0.2) is 19.6 Å². The van der Waals surface area contributed by atoms with E-state index in [0.717, 1.165) is 21.1 Å². The molecule has 12 heteroatoms. The van der Waals surface area contributed by atoms with Crippen molar-refractivity contribution in [2.24, 2.45) is 0 Å². The van der Waals surface area contributed by atoms with Gasteiger partial charge in [-0.3, -0.25) is 14.6 Å². The Labute approximate surface area is 234 Å². The van der Waals surface area contributed by atoms with Crippen LogP contribution in [0.25, 0.3) is 10.9 Å². The first kappa shape index (κ1) is 28.1. The molecule has 1 aliphatic heterocycles. The van der Waals surface area contributed by atoms with Crippen LogP contribution >= 0.6 is 15.9 Å². The molecule has 39 heavy (non-hydrogen) atoms. The van der Waals surface area contributed by atoms with Crippen LogP contribution in [0.5, 0.6) is 0 Å². The van der Waals surface area contributed by atoms with Crippen molar-refractivity contribution in [3.8, 4) is 0 Å². The number of carbonyl (C=O) groups excluding carboxylic acids is 3. The molecule has 2 heterocycles. The number of carbonyl (C=O) groups is 3. The third kappa shape index (κ3) is 7.37. The molecule has 4 rings (SSSR count). The van der Waals surface area contributed by atoms with E-state index in [1.54, 1.807) is 17.0 Å². The van der Waals surface area contributed by atoms with Crippen molar-refractivity contribution < 1.29 is 23.9 Å². The highest BCUT2D eigenvalue weighted by Gasteiger charge is 2.36. The third-order valence-electron chi connectivity index (χ3n) is 6.24. The van der Waals surface area contributed by atoms with Gasteiger partial charge in [0, 0.05) is 60.0 Å². The fourth-order valence-electron chi connectivity index (χ4n) is 4.25. The summed E-state index contributed by atoms with van der Waals surface area (Å²) in [5.41, 5.74) is 2.24. The number of hydrogen-bond donors (Lipinski definition) is 2. The summed E-state index contributed by atoms with van der Waals surface area (Å²) < 4.78 is 10.5. The van der Waals surface area contributed by atoms with Gasteiger partial charge in [0.15, 0.2) is 0 Å². The Morgan fingerprint density at radius 2 is 1.74 bits per heavy atom. The number of anilines is 3. The van der Waals surface area contributed by atoms with Crippen LogP contribution in [0.4, 0.5) is 17.2 Å². The minimum atomic E-state index is -1.07. The number of esters is 2. The van der Waals surface area contributed by atoms with Crippen molar-refractivity contribution in [1.29, 1.82) is 0 Å². The molecule has 1 aromatic heterocycles. The smallest absolute Gasteiger partial charge is 0.334 e. The topological polar surface area (TPSA) is 126 Å². The first-order valence-electron chi connectivity index (χ1n) is 12.2. The van der Waals surface area contributed by atoms with E-state index in [4.69, 9.17) is 9.47 Å². The van der Waals surface area contributed by atoms with E-state index in [1.807, 2.05) is 36.4 Å². The van der Waals surface area contributed by atoms with E-state index >= 15 is 0 Å². The molecule has 0 spiro atoms. The second kappa shape index (κ2) is 13.3. The SMILES string of the molecule is COC(=O)C(C(=O)OC)N1CCN(C/C=C/C(=O)Nc2ccc3ncnc(Nc4cccc(Br)c4)c3c2)CC1. The van der Waals surface area contributed by atoms with E-state index in [2.05, 4.69) is 41.4 Å². The van der Waals surface area contributed by atoms with Gasteiger partial charge < -0.3 is 20.1 Å². The van der Waals surface area contributed by atoms with E-state index in [0.29, 0.717) is 44.2 Å². The summed E-state index contributed by atoms with van der Waals surface area (Å²) in [5, 5.41) is 6.96. The molecular weight excluding hydrogens is 568 g/mol. The molecule has 0 unspecified atom stereocenters. The van der Waals surface area contributed by atoms with Crippen LogP contribution in [-0.4, -0.2) is 90.6 Å². The zero-order valence-corrected chi connectivity index (χ0v) is 23.2. The van der Waals surface area contributed by atoms with Gasteiger partial charge in [-0.05, 0) is 36.4 Å². The number of piperazine rings is 1. The first-order chi connectivity index (χ1) is 18.9. The number of methoxy groups -OCH3 is 2. The van der Waals surface area contributed by atoms with Crippen LogP contribution in [-0.2, 0) is 23.9 Å². The summed E-state index contributed by atoms with van der Waals surface area (Å²) in [4.78, 5) is 49.2. The lowest BCUT2D eigenvalue weighted by Gasteiger charge is -2.36. The number of ether oxygens (including phenoxy) is 2. The summed E-state index contributed by atoms with van der Waals surface area (Å²) in [6.45, 7) is 2.77. The molecule has 1 saturated heterocycles. The summed E-state index contributed by atoms with van der Waals surface area (Å²) >= 11 is 3.47. The fourth-order valence-corrected chi connectivity index (χ4v) is 4.65. The standard InChI is InChI=1S/C27H29BrN6O5/c1-38-26(36)24(27(37)39-2)34-13-11-33(12-14-34)10-4-7-23(35)31-20-8-9-22-21(16-20)25(30-17-29-22)32-19-6-3-5-18(28)15-19/h3-9,15-17,24H,10-14H2,1-2H3,(H,31,35)(H,29,30,32)/b7-4+.